The Hall–Kier alpha value is -2.61. The third kappa shape index (κ3) is 3.25. The Morgan fingerprint density at radius 3 is 2.76 bits per heavy atom. The van der Waals surface area contributed by atoms with Crippen LogP contribution in [-0.4, -0.2) is 50.8 Å². The van der Waals surface area contributed by atoms with Gasteiger partial charge in [-0.05, 0) is 36.8 Å². The van der Waals surface area contributed by atoms with Gasteiger partial charge in [-0.25, -0.2) is 9.37 Å². The average Bonchev–Trinajstić information content (AvgIpc) is 3.15. The molecule has 0 aliphatic carbocycles. The second-order valence-corrected chi connectivity index (χ2v) is 7.60. The lowest BCUT2D eigenvalue weighted by Crippen LogP contribution is -2.35. The Morgan fingerprint density at radius 2 is 1.97 bits per heavy atom. The lowest BCUT2D eigenvalue weighted by Gasteiger charge is -2.26. The lowest BCUT2D eigenvalue weighted by atomic mass is 10.1. The van der Waals surface area contributed by atoms with Crippen molar-refractivity contribution in [2.24, 2.45) is 0 Å². The van der Waals surface area contributed by atoms with Crippen LogP contribution in [0.4, 0.5) is 4.39 Å². The number of rotatable bonds is 3. The van der Waals surface area contributed by atoms with Crippen molar-refractivity contribution in [1.29, 1.82) is 0 Å². The lowest BCUT2D eigenvalue weighted by molar-refractivity contribution is 0.0342. The Morgan fingerprint density at radius 1 is 1.14 bits per heavy atom. The number of morpholine rings is 1. The summed E-state index contributed by atoms with van der Waals surface area (Å²) in [5, 5.41) is 8.83. The zero-order valence-electron chi connectivity index (χ0n) is 15.9. The van der Waals surface area contributed by atoms with E-state index in [4.69, 9.17) is 16.3 Å². The normalized spacial score (nSPS) is 15.4. The molecule has 2 aromatic carbocycles. The fourth-order valence-electron chi connectivity index (χ4n) is 3.81. The van der Waals surface area contributed by atoms with E-state index in [0.717, 1.165) is 55.1 Å². The maximum atomic E-state index is 14.6. The molecule has 0 amide bonds. The summed E-state index contributed by atoms with van der Waals surface area (Å²) >= 11 is 6.32. The first-order chi connectivity index (χ1) is 14.1. The Bertz CT molecular complexity index is 1200. The Kier molecular flexibility index (Phi) is 4.66. The highest BCUT2D eigenvalue weighted by atomic mass is 35.5. The van der Waals surface area contributed by atoms with Crippen molar-refractivity contribution >= 4 is 28.3 Å². The Balaban J connectivity index is 1.71. The van der Waals surface area contributed by atoms with Crippen LogP contribution in [0, 0.1) is 12.7 Å². The van der Waals surface area contributed by atoms with Crippen LogP contribution < -0.4 is 0 Å². The van der Waals surface area contributed by atoms with Crippen molar-refractivity contribution in [3.05, 3.63) is 58.5 Å². The molecule has 0 saturated carbocycles. The molecule has 2 aromatic heterocycles. The molecule has 5 rings (SSSR count). The predicted molar refractivity (Wildman–Crippen MR) is 110 cm³/mol. The molecular formula is C21H19ClFN5O. The zero-order chi connectivity index (χ0) is 20.0. The van der Waals surface area contributed by atoms with Crippen molar-refractivity contribution in [2.45, 2.75) is 13.5 Å². The molecular weight excluding hydrogens is 393 g/mol. The standard InChI is InChI=1S/C21H19ClFN5O/c1-13-20-25-26-21(19-15(22)3-2-4-16(19)23)28(20)18-11-14(5-6-17(18)24-13)12-27-7-9-29-10-8-27/h2-6,11H,7-10,12H2,1H3. The number of nitrogens with zero attached hydrogens (tertiary/aromatic N) is 5. The number of hydrogen-bond acceptors (Lipinski definition) is 5. The number of ether oxygens (including phenoxy) is 1. The molecule has 1 aliphatic rings. The van der Waals surface area contributed by atoms with E-state index in [0.29, 0.717) is 16.5 Å². The van der Waals surface area contributed by atoms with Gasteiger partial charge in [-0.2, -0.15) is 0 Å². The smallest absolute Gasteiger partial charge is 0.183 e. The predicted octanol–water partition coefficient (Wildman–Crippen LogP) is 3.88. The van der Waals surface area contributed by atoms with Crippen LogP contribution in [-0.2, 0) is 11.3 Å². The van der Waals surface area contributed by atoms with Crippen LogP contribution in [0.3, 0.4) is 0 Å². The van der Waals surface area contributed by atoms with E-state index in [1.165, 1.54) is 6.07 Å². The zero-order valence-corrected chi connectivity index (χ0v) is 16.7. The summed E-state index contributed by atoms with van der Waals surface area (Å²) in [6, 6.07) is 10.8. The van der Waals surface area contributed by atoms with Gasteiger partial charge >= 0.3 is 0 Å². The topological polar surface area (TPSA) is 55.6 Å². The third-order valence-corrected chi connectivity index (χ3v) is 5.57. The first kappa shape index (κ1) is 18.4. The van der Waals surface area contributed by atoms with Gasteiger partial charge in [0.2, 0.25) is 0 Å². The van der Waals surface area contributed by atoms with E-state index >= 15 is 0 Å². The highest BCUT2D eigenvalue weighted by Crippen LogP contribution is 2.32. The molecule has 3 heterocycles. The third-order valence-electron chi connectivity index (χ3n) is 5.25. The van der Waals surface area contributed by atoms with Gasteiger partial charge in [0, 0.05) is 19.6 Å². The van der Waals surface area contributed by atoms with Crippen molar-refractivity contribution in [3.8, 4) is 11.4 Å². The second kappa shape index (κ2) is 7.33. The van der Waals surface area contributed by atoms with Crippen molar-refractivity contribution < 1.29 is 9.13 Å². The molecule has 1 saturated heterocycles. The van der Waals surface area contributed by atoms with Gasteiger partial charge in [0.05, 0.1) is 40.5 Å². The molecule has 0 spiro atoms. The summed E-state index contributed by atoms with van der Waals surface area (Å²) in [5.74, 6) is -0.0546. The van der Waals surface area contributed by atoms with Gasteiger partial charge in [0.1, 0.15) is 5.82 Å². The van der Waals surface area contributed by atoms with E-state index in [9.17, 15) is 4.39 Å². The molecule has 0 radical (unpaired) electrons. The average molecular weight is 412 g/mol. The summed E-state index contributed by atoms with van der Waals surface area (Å²) in [7, 11) is 0. The summed E-state index contributed by atoms with van der Waals surface area (Å²) in [6.45, 7) is 5.99. The van der Waals surface area contributed by atoms with Crippen LogP contribution >= 0.6 is 11.6 Å². The molecule has 8 heteroatoms. The monoisotopic (exact) mass is 411 g/mol. The molecule has 0 bridgehead atoms. The van der Waals surface area contributed by atoms with Crippen LogP contribution in [0.15, 0.2) is 36.4 Å². The van der Waals surface area contributed by atoms with Gasteiger partial charge in [0.25, 0.3) is 0 Å². The quantitative estimate of drug-likeness (QED) is 0.512. The van der Waals surface area contributed by atoms with Gasteiger partial charge in [-0.1, -0.05) is 23.7 Å². The molecule has 0 N–H and O–H groups in total. The number of aromatic nitrogens is 4. The van der Waals surface area contributed by atoms with Crippen molar-refractivity contribution in [2.75, 3.05) is 26.3 Å². The minimum absolute atomic E-state index is 0.243. The van der Waals surface area contributed by atoms with E-state index in [1.54, 1.807) is 12.1 Å². The van der Waals surface area contributed by atoms with Crippen LogP contribution in [0.1, 0.15) is 11.3 Å². The number of halogens is 2. The maximum absolute atomic E-state index is 14.6. The summed E-state index contributed by atoms with van der Waals surface area (Å²) < 4.78 is 21.9. The van der Waals surface area contributed by atoms with Gasteiger partial charge in [-0.15, -0.1) is 10.2 Å². The van der Waals surface area contributed by atoms with Gasteiger partial charge in [0.15, 0.2) is 11.5 Å². The largest absolute Gasteiger partial charge is 0.379 e. The van der Waals surface area contributed by atoms with E-state index in [2.05, 4.69) is 32.2 Å². The number of fused-ring (bicyclic) bond motifs is 3. The fourth-order valence-corrected chi connectivity index (χ4v) is 4.06. The molecule has 0 unspecified atom stereocenters. The van der Waals surface area contributed by atoms with E-state index < -0.39 is 5.82 Å². The Labute approximate surface area is 171 Å². The first-order valence-corrected chi connectivity index (χ1v) is 9.88. The van der Waals surface area contributed by atoms with Crippen LogP contribution in [0.25, 0.3) is 28.1 Å². The molecule has 0 atom stereocenters. The second-order valence-electron chi connectivity index (χ2n) is 7.19. The number of aryl methyl sites for hydroxylation is 1. The number of benzene rings is 2. The van der Waals surface area contributed by atoms with Crippen LogP contribution in [0.5, 0.6) is 0 Å². The number of hydrogen-bond donors (Lipinski definition) is 0. The highest BCUT2D eigenvalue weighted by Gasteiger charge is 2.20. The summed E-state index contributed by atoms with van der Waals surface area (Å²) in [6.07, 6.45) is 0. The van der Waals surface area contributed by atoms with Gasteiger partial charge in [-0.3, -0.25) is 9.30 Å². The van der Waals surface area contributed by atoms with Gasteiger partial charge < -0.3 is 4.74 Å². The summed E-state index contributed by atoms with van der Waals surface area (Å²) in [4.78, 5) is 7.01. The minimum Gasteiger partial charge on any atom is -0.379 e. The molecule has 148 valence electrons. The van der Waals surface area contributed by atoms with E-state index in [1.807, 2.05) is 17.4 Å². The van der Waals surface area contributed by atoms with Crippen molar-refractivity contribution in [3.63, 3.8) is 0 Å². The highest BCUT2D eigenvalue weighted by molar-refractivity contribution is 6.33. The van der Waals surface area contributed by atoms with Crippen LogP contribution in [0.2, 0.25) is 5.02 Å². The SMILES string of the molecule is Cc1nc2ccc(CN3CCOCC3)cc2n2c(-c3c(F)cccc3Cl)nnc12. The molecule has 1 aliphatic heterocycles. The minimum atomic E-state index is -0.432. The van der Waals surface area contributed by atoms with E-state index in [-0.39, 0.29) is 5.56 Å². The molecule has 6 nitrogen and oxygen atoms in total. The fraction of sp³-hybridized carbons (Fsp3) is 0.286. The molecule has 29 heavy (non-hydrogen) atoms. The molecule has 1 fully saturated rings. The maximum Gasteiger partial charge on any atom is 0.183 e. The first-order valence-electron chi connectivity index (χ1n) is 9.50. The summed E-state index contributed by atoms with van der Waals surface area (Å²) in [5.41, 5.74) is 4.34. The van der Waals surface area contributed by atoms with Crippen molar-refractivity contribution in [1.82, 2.24) is 24.5 Å². The molecule has 4 aromatic rings.